The number of hydrogen-bond donors (Lipinski definition) is 2. The van der Waals surface area contributed by atoms with Crippen LogP contribution in [-0.2, 0) is 16.1 Å². The van der Waals surface area contributed by atoms with Crippen LogP contribution < -0.4 is 11.1 Å². The van der Waals surface area contributed by atoms with Crippen molar-refractivity contribution in [2.75, 3.05) is 12.0 Å². The van der Waals surface area contributed by atoms with Gasteiger partial charge in [-0.1, -0.05) is 44.2 Å². The summed E-state index contributed by atoms with van der Waals surface area (Å²) in [5.74, 6) is 0.0395. The van der Waals surface area contributed by atoms with Gasteiger partial charge in [0.25, 0.3) is 5.91 Å². The zero-order chi connectivity index (χ0) is 20.5. The predicted octanol–water partition coefficient (Wildman–Crippen LogP) is 2.93. The van der Waals surface area contributed by atoms with Gasteiger partial charge in [0.2, 0.25) is 5.89 Å². The lowest BCUT2D eigenvalue weighted by atomic mass is 10.0. The molecule has 0 aliphatic heterocycles. The number of nitrogens with zero attached hydrogens (tertiary/aromatic N) is 1. The third-order valence-corrected chi connectivity index (χ3v) is 4.78. The standard InChI is InChI=1S/C20H27N3O4S/c1-13(2)17(20(25)27-11-14-7-5-4-6-8-14)23-18(24)16-12-26-19(22-16)15(21)9-10-28-3/h4-8,12-13,15,17H,9-11,21H2,1-3H3,(H,23,24). The summed E-state index contributed by atoms with van der Waals surface area (Å²) in [4.78, 5) is 29.1. The minimum Gasteiger partial charge on any atom is -0.459 e. The number of aromatic nitrogens is 1. The van der Waals surface area contributed by atoms with Crippen molar-refractivity contribution in [3.63, 3.8) is 0 Å². The SMILES string of the molecule is CSCCC(N)c1nc(C(=O)NC(C(=O)OCc2ccccc2)C(C)C)co1. The molecular weight excluding hydrogens is 378 g/mol. The highest BCUT2D eigenvalue weighted by molar-refractivity contribution is 7.98. The summed E-state index contributed by atoms with van der Waals surface area (Å²) in [6.07, 6.45) is 3.95. The fourth-order valence-corrected chi connectivity index (χ4v) is 2.95. The van der Waals surface area contributed by atoms with Gasteiger partial charge in [0.15, 0.2) is 5.69 Å². The van der Waals surface area contributed by atoms with E-state index in [1.165, 1.54) is 6.26 Å². The number of rotatable bonds is 10. The highest BCUT2D eigenvalue weighted by Crippen LogP contribution is 2.16. The molecule has 0 saturated carbocycles. The van der Waals surface area contributed by atoms with E-state index in [0.29, 0.717) is 12.3 Å². The number of esters is 1. The van der Waals surface area contributed by atoms with E-state index in [9.17, 15) is 9.59 Å². The largest absolute Gasteiger partial charge is 0.459 e. The molecule has 152 valence electrons. The van der Waals surface area contributed by atoms with E-state index in [1.54, 1.807) is 11.8 Å². The van der Waals surface area contributed by atoms with Crippen molar-refractivity contribution < 1.29 is 18.7 Å². The Hall–Kier alpha value is -2.32. The lowest BCUT2D eigenvalue weighted by molar-refractivity contribution is -0.148. The molecule has 0 bridgehead atoms. The normalized spacial score (nSPS) is 13.2. The van der Waals surface area contributed by atoms with Gasteiger partial charge in [-0.05, 0) is 29.9 Å². The molecule has 2 unspecified atom stereocenters. The molecule has 2 atom stereocenters. The van der Waals surface area contributed by atoms with Crippen molar-refractivity contribution in [3.8, 4) is 0 Å². The third kappa shape index (κ3) is 6.38. The van der Waals surface area contributed by atoms with E-state index in [4.69, 9.17) is 14.9 Å². The molecule has 0 aliphatic rings. The molecule has 0 saturated heterocycles. The number of thioether (sulfide) groups is 1. The Kier molecular flexibility index (Phi) is 8.53. The van der Waals surface area contributed by atoms with Crippen LogP contribution in [0.25, 0.3) is 0 Å². The van der Waals surface area contributed by atoms with Gasteiger partial charge in [0.05, 0.1) is 6.04 Å². The number of ether oxygens (including phenoxy) is 1. The number of hydrogen-bond acceptors (Lipinski definition) is 7. The maximum atomic E-state index is 12.5. The molecule has 1 amide bonds. The number of benzene rings is 1. The maximum absolute atomic E-state index is 12.5. The average Bonchev–Trinajstić information content (AvgIpc) is 3.19. The fourth-order valence-electron chi connectivity index (χ4n) is 2.46. The first-order chi connectivity index (χ1) is 13.4. The first-order valence-corrected chi connectivity index (χ1v) is 10.5. The van der Waals surface area contributed by atoms with Crippen molar-refractivity contribution in [3.05, 3.63) is 53.7 Å². The molecule has 1 aromatic heterocycles. The van der Waals surface area contributed by atoms with Gasteiger partial charge in [-0.15, -0.1) is 0 Å². The summed E-state index contributed by atoms with van der Waals surface area (Å²) in [7, 11) is 0. The van der Waals surface area contributed by atoms with Gasteiger partial charge < -0.3 is 20.2 Å². The predicted molar refractivity (Wildman–Crippen MR) is 109 cm³/mol. The van der Waals surface area contributed by atoms with Crippen LogP contribution in [0.4, 0.5) is 0 Å². The molecule has 2 rings (SSSR count). The van der Waals surface area contributed by atoms with Crippen LogP contribution in [0.1, 0.15) is 48.3 Å². The number of nitrogens with one attached hydrogen (secondary N) is 1. The summed E-state index contributed by atoms with van der Waals surface area (Å²) in [6, 6.07) is 8.21. The molecule has 1 heterocycles. The van der Waals surface area contributed by atoms with E-state index in [2.05, 4.69) is 10.3 Å². The van der Waals surface area contributed by atoms with Gasteiger partial charge >= 0.3 is 5.97 Å². The van der Waals surface area contributed by atoms with Gasteiger partial charge in [0.1, 0.15) is 18.9 Å². The van der Waals surface area contributed by atoms with Gasteiger partial charge in [-0.2, -0.15) is 11.8 Å². The Morgan fingerprint density at radius 3 is 2.64 bits per heavy atom. The number of oxazole rings is 1. The topological polar surface area (TPSA) is 107 Å². The second kappa shape index (κ2) is 10.9. The van der Waals surface area contributed by atoms with Crippen LogP contribution in [0.5, 0.6) is 0 Å². The quantitative estimate of drug-likeness (QED) is 0.585. The van der Waals surface area contributed by atoms with Crippen molar-refractivity contribution in [2.24, 2.45) is 11.7 Å². The Morgan fingerprint density at radius 2 is 2.00 bits per heavy atom. The van der Waals surface area contributed by atoms with Crippen LogP contribution in [0.2, 0.25) is 0 Å². The van der Waals surface area contributed by atoms with E-state index < -0.39 is 17.9 Å². The van der Waals surface area contributed by atoms with Crippen LogP contribution in [0.3, 0.4) is 0 Å². The number of carbonyl (C=O) groups is 2. The second-order valence-corrected chi connectivity index (χ2v) is 7.73. The Labute approximate surface area is 169 Å². The number of carbonyl (C=O) groups excluding carboxylic acids is 2. The molecule has 0 aliphatic carbocycles. The molecule has 28 heavy (non-hydrogen) atoms. The van der Waals surface area contributed by atoms with E-state index in [0.717, 1.165) is 11.3 Å². The smallest absolute Gasteiger partial charge is 0.329 e. The highest BCUT2D eigenvalue weighted by Gasteiger charge is 2.27. The summed E-state index contributed by atoms with van der Waals surface area (Å²) in [5.41, 5.74) is 6.98. The Balaban J connectivity index is 1.96. The minimum absolute atomic E-state index is 0.0936. The van der Waals surface area contributed by atoms with Crippen molar-refractivity contribution >= 4 is 23.6 Å². The first-order valence-electron chi connectivity index (χ1n) is 9.13. The Bertz CT molecular complexity index is 764. The first kappa shape index (κ1) is 22.0. The maximum Gasteiger partial charge on any atom is 0.329 e. The molecule has 8 heteroatoms. The zero-order valence-electron chi connectivity index (χ0n) is 16.4. The molecule has 7 nitrogen and oxygen atoms in total. The lowest BCUT2D eigenvalue weighted by Gasteiger charge is -2.20. The zero-order valence-corrected chi connectivity index (χ0v) is 17.2. The molecular formula is C20H27N3O4S. The van der Waals surface area contributed by atoms with Gasteiger partial charge in [0, 0.05) is 0 Å². The van der Waals surface area contributed by atoms with E-state index >= 15 is 0 Å². The molecule has 0 spiro atoms. The number of nitrogens with two attached hydrogens (primary N) is 1. The molecule has 0 fully saturated rings. The summed E-state index contributed by atoms with van der Waals surface area (Å²) in [5, 5.41) is 2.68. The lowest BCUT2D eigenvalue weighted by Crippen LogP contribution is -2.45. The van der Waals surface area contributed by atoms with Crippen LogP contribution in [0.15, 0.2) is 41.0 Å². The third-order valence-electron chi connectivity index (χ3n) is 4.14. The molecule has 3 N–H and O–H groups in total. The summed E-state index contributed by atoms with van der Waals surface area (Å²) >= 11 is 1.68. The van der Waals surface area contributed by atoms with E-state index in [1.807, 2.05) is 50.4 Å². The fraction of sp³-hybridized carbons (Fsp3) is 0.450. The van der Waals surface area contributed by atoms with Crippen LogP contribution in [0, 0.1) is 5.92 Å². The second-order valence-electron chi connectivity index (χ2n) is 6.75. The Morgan fingerprint density at radius 1 is 1.29 bits per heavy atom. The van der Waals surface area contributed by atoms with Gasteiger partial charge in [-0.25, -0.2) is 9.78 Å². The van der Waals surface area contributed by atoms with Crippen LogP contribution in [-0.4, -0.2) is 34.9 Å². The molecule has 0 radical (unpaired) electrons. The van der Waals surface area contributed by atoms with Crippen LogP contribution >= 0.6 is 11.8 Å². The van der Waals surface area contributed by atoms with Crippen molar-refractivity contribution in [2.45, 2.75) is 39.0 Å². The summed E-state index contributed by atoms with van der Waals surface area (Å²) in [6.45, 7) is 3.82. The van der Waals surface area contributed by atoms with Crippen molar-refractivity contribution in [1.82, 2.24) is 10.3 Å². The molecule has 2 aromatic rings. The molecule has 1 aromatic carbocycles. The van der Waals surface area contributed by atoms with Crippen molar-refractivity contribution in [1.29, 1.82) is 0 Å². The highest BCUT2D eigenvalue weighted by atomic mass is 32.2. The average molecular weight is 406 g/mol. The van der Waals surface area contributed by atoms with Gasteiger partial charge in [-0.3, -0.25) is 4.79 Å². The monoisotopic (exact) mass is 405 g/mol. The van der Waals surface area contributed by atoms with E-state index in [-0.39, 0.29) is 24.3 Å². The summed E-state index contributed by atoms with van der Waals surface area (Å²) < 4.78 is 10.7. The minimum atomic E-state index is -0.790. The number of amides is 1.